The summed E-state index contributed by atoms with van der Waals surface area (Å²) in [5.74, 6) is 0.597. The van der Waals surface area contributed by atoms with Crippen LogP contribution in [-0.4, -0.2) is 12.2 Å². The van der Waals surface area contributed by atoms with Gasteiger partial charge in [-0.15, -0.1) is 12.4 Å². The molecule has 1 aromatic rings. The second-order valence-electron chi connectivity index (χ2n) is 2.69. The number of hydrogen-bond acceptors (Lipinski definition) is 3. The minimum absolute atomic E-state index is 0. The zero-order chi connectivity index (χ0) is 9.14. The summed E-state index contributed by atoms with van der Waals surface area (Å²) >= 11 is 0. The number of halogens is 1. The molecule has 3 nitrogen and oxygen atoms in total. The van der Waals surface area contributed by atoms with Gasteiger partial charge in [-0.1, -0.05) is 12.1 Å². The van der Waals surface area contributed by atoms with Crippen LogP contribution in [0.4, 0.5) is 0 Å². The molecule has 1 rings (SSSR count). The third-order valence-electron chi connectivity index (χ3n) is 1.74. The molecule has 0 bridgehead atoms. The average Bonchev–Trinajstić information content (AvgIpc) is 2.04. The van der Waals surface area contributed by atoms with Crippen molar-refractivity contribution in [3.63, 3.8) is 0 Å². The van der Waals surface area contributed by atoms with E-state index in [-0.39, 0.29) is 24.2 Å². The van der Waals surface area contributed by atoms with E-state index in [0.717, 1.165) is 0 Å². The normalized spacial score (nSPS) is 11.6. The number of methoxy groups -OCH3 is 1. The van der Waals surface area contributed by atoms with Crippen LogP contribution in [0.15, 0.2) is 18.2 Å². The first-order valence-corrected chi connectivity index (χ1v) is 3.78. The zero-order valence-electron chi connectivity index (χ0n) is 7.65. The van der Waals surface area contributed by atoms with Gasteiger partial charge in [0, 0.05) is 11.6 Å². The van der Waals surface area contributed by atoms with Gasteiger partial charge >= 0.3 is 0 Å². The highest BCUT2D eigenvalue weighted by atomic mass is 35.5. The number of phenols is 1. The molecule has 0 heterocycles. The molecule has 0 aliphatic carbocycles. The van der Waals surface area contributed by atoms with Gasteiger partial charge in [0.05, 0.1) is 7.11 Å². The van der Waals surface area contributed by atoms with E-state index >= 15 is 0 Å². The summed E-state index contributed by atoms with van der Waals surface area (Å²) in [5.41, 5.74) is 6.33. The van der Waals surface area contributed by atoms with E-state index in [4.69, 9.17) is 10.5 Å². The van der Waals surface area contributed by atoms with Crippen molar-refractivity contribution in [2.24, 2.45) is 5.73 Å². The van der Waals surface area contributed by atoms with Crippen molar-refractivity contribution in [2.45, 2.75) is 13.0 Å². The van der Waals surface area contributed by atoms with E-state index in [1.165, 1.54) is 7.11 Å². The van der Waals surface area contributed by atoms with Crippen LogP contribution < -0.4 is 10.5 Å². The summed E-state index contributed by atoms with van der Waals surface area (Å²) in [4.78, 5) is 0. The molecule has 0 aliphatic heterocycles. The van der Waals surface area contributed by atoms with Gasteiger partial charge in [0.25, 0.3) is 0 Å². The zero-order valence-corrected chi connectivity index (χ0v) is 8.47. The minimum Gasteiger partial charge on any atom is -0.504 e. The number of aromatic hydroxyl groups is 1. The fourth-order valence-corrected chi connectivity index (χ4v) is 1.07. The van der Waals surface area contributed by atoms with Crippen molar-refractivity contribution in [3.05, 3.63) is 23.8 Å². The molecule has 0 aliphatic rings. The van der Waals surface area contributed by atoms with Gasteiger partial charge < -0.3 is 15.6 Å². The molecular formula is C9H14ClNO2. The number of benzene rings is 1. The van der Waals surface area contributed by atoms with E-state index in [1.807, 2.05) is 6.92 Å². The molecule has 74 valence electrons. The Morgan fingerprint density at radius 2 is 2.08 bits per heavy atom. The maximum absolute atomic E-state index is 9.55. The Labute approximate surface area is 83.9 Å². The lowest BCUT2D eigenvalue weighted by atomic mass is 10.1. The van der Waals surface area contributed by atoms with Crippen molar-refractivity contribution in [1.29, 1.82) is 0 Å². The molecule has 4 heteroatoms. The summed E-state index contributed by atoms with van der Waals surface area (Å²) in [6.45, 7) is 1.81. The van der Waals surface area contributed by atoms with E-state index in [1.54, 1.807) is 18.2 Å². The maximum Gasteiger partial charge on any atom is 0.162 e. The monoisotopic (exact) mass is 203 g/mol. The number of hydrogen-bond donors (Lipinski definition) is 2. The SMILES string of the molecule is COc1cccc([C@@H](C)N)c1O.Cl. The number of rotatable bonds is 2. The number of nitrogens with two attached hydrogens (primary N) is 1. The highest BCUT2D eigenvalue weighted by Crippen LogP contribution is 2.32. The van der Waals surface area contributed by atoms with Crippen LogP contribution in [0.2, 0.25) is 0 Å². The fourth-order valence-electron chi connectivity index (χ4n) is 1.07. The maximum atomic E-state index is 9.55. The smallest absolute Gasteiger partial charge is 0.162 e. The van der Waals surface area contributed by atoms with Crippen LogP contribution in [-0.2, 0) is 0 Å². The molecule has 1 atom stereocenters. The molecule has 13 heavy (non-hydrogen) atoms. The highest BCUT2D eigenvalue weighted by Gasteiger charge is 2.09. The first-order chi connectivity index (χ1) is 5.66. The number of ether oxygens (including phenoxy) is 1. The summed E-state index contributed by atoms with van der Waals surface area (Å²) in [7, 11) is 1.51. The largest absolute Gasteiger partial charge is 0.504 e. The van der Waals surface area contributed by atoms with Crippen molar-refractivity contribution in [3.8, 4) is 11.5 Å². The van der Waals surface area contributed by atoms with Gasteiger partial charge in [-0.3, -0.25) is 0 Å². The quantitative estimate of drug-likeness (QED) is 0.771. The minimum atomic E-state index is -0.180. The molecular weight excluding hydrogens is 190 g/mol. The standard InChI is InChI=1S/C9H13NO2.ClH/c1-6(10)7-4-3-5-8(12-2)9(7)11;/h3-6,11H,10H2,1-2H3;1H/t6-;/m1./s1. The van der Waals surface area contributed by atoms with Crippen LogP contribution in [0, 0.1) is 0 Å². The van der Waals surface area contributed by atoms with Crippen LogP contribution in [0.25, 0.3) is 0 Å². The Morgan fingerprint density at radius 3 is 2.54 bits per heavy atom. The molecule has 0 aromatic heterocycles. The summed E-state index contributed by atoms with van der Waals surface area (Å²) < 4.78 is 4.93. The van der Waals surface area contributed by atoms with Gasteiger partial charge in [-0.2, -0.15) is 0 Å². The second-order valence-corrected chi connectivity index (χ2v) is 2.69. The Balaban J connectivity index is 0.00000144. The van der Waals surface area contributed by atoms with Crippen LogP contribution in [0.1, 0.15) is 18.5 Å². The molecule has 0 saturated carbocycles. The van der Waals surface area contributed by atoms with Crippen LogP contribution >= 0.6 is 12.4 Å². The summed E-state index contributed by atoms with van der Waals surface area (Å²) in [6, 6.07) is 5.10. The lowest BCUT2D eigenvalue weighted by Gasteiger charge is -2.10. The van der Waals surface area contributed by atoms with Crippen LogP contribution in [0.5, 0.6) is 11.5 Å². The molecule has 0 radical (unpaired) electrons. The first-order valence-electron chi connectivity index (χ1n) is 3.78. The predicted octanol–water partition coefficient (Wildman–Crippen LogP) is 1.84. The van der Waals surface area contributed by atoms with Crippen LogP contribution in [0.3, 0.4) is 0 Å². The summed E-state index contributed by atoms with van der Waals surface area (Å²) in [6.07, 6.45) is 0. The molecule has 1 aromatic carbocycles. The van der Waals surface area contributed by atoms with E-state index in [2.05, 4.69) is 0 Å². The van der Waals surface area contributed by atoms with E-state index in [0.29, 0.717) is 11.3 Å². The molecule has 0 spiro atoms. The Bertz CT molecular complexity index is 276. The highest BCUT2D eigenvalue weighted by molar-refractivity contribution is 5.85. The van der Waals surface area contributed by atoms with Gasteiger partial charge in [-0.05, 0) is 13.0 Å². The van der Waals surface area contributed by atoms with Crippen molar-refractivity contribution in [2.75, 3.05) is 7.11 Å². The number of phenolic OH excluding ortho intramolecular Hbond substituents is 1. The lowest BCUT2D eigenvalue weighted by molar-refractivity contribution is 0.369. The molecule has 0 fully saturated rings. The van der Waals surface area contributed by atoms with Gasteiger partial charge in [-0.25, -0.2) is 0 Å². The third kappa shape index (κ3) is 2.50. The molecule has 3 N–H and O–H groups in total. The van der Waals surface area contributed by atoms with E-state index < -0.39 is 0 Å². The average molecular weight is 204 g/mol. The molecule has 0 saturated heterocycles. The Hall–Kier alpha value is -0.930. The van der Waals surface area contributed by atoms with Gasteiger partial charge in [0.15, 0.2) is 11.5 Å². The second kappa shape index (κ2) is 4.94. The molecule has 0 amide bonds. The molecule has 0 unspecified atom stereocenters. The number of para-hydroxylation sites is 1. The Kier molecular flexibility index (Phi) is 4.59. The van der Waals surface area contributed by atoms with Gasteiger partial charge in [0.1, 0.15) is 0 Å². The first kappa shape index (κ1) is 12.1. The predicted molar refractivity (Wildman–Crippen MR) is 54.5 cm³/mol. The van der Waals surface area contributed by atoms with Gasteiger partial charge in [0.2, 0.25) is 0 Å². The summed E-state index contributed by atoms with van der Waals surface area (Å²) in [5, 5.41) is 9.55. The van der Waals surface area contributed by atoms with E-state index in [9.17, 15) is 5.11 Å². The third-order valence-corrected chi connectivity index (χ3v) is 1.74. The van der Waals surface area contributed by atoms with Crippen molar-refractivity contribution >= 4 is 12.4 Å². The Morgan fingerprint density at radius 1 is 1.46 bits per heavy atom. The fraction of sp³-hybridized carbons (Fsp3) is 0.333. The topological polar surface area (TPSA) is 55.5 Å². The van der Waals surface area contributed by atoms with Crippen molar-refractivity contribution in [1.82, 2.24) is 0 Å². The van der Waals surface area contributed by atoms with Crippen molar-refractivity contribution < 1.29 is 9.84 Å². The lowest BCUT2D eigenvalue weighted by Crippen LogP contribution is -2.05.